The highest BCUT2D eigenvalue weighted by Gasteiger charge is 2.28. The molecule has 0 spiro atoms. The van der Waals surface area contributed by atoms with Crippen molar-refractivity contribution < 1.29 is 32.6 Å². The van der Waals surface area contributed by atoms with Crippen LogP contribution < -0.4 is 9.47 Å². The Hall–Kier alpha value is -3.85. The number of carbonyl (C=O) groups excluding carboxylic acids is 2. The predicted octanol–water partition coefficient (Wildman–Crippen LogP) is 4.00. The lowest BCUT2D eigenvalue weighted by atomic mass is 10.1. The quantitative estimate of drug-likeness (QED) is 0.447. The molecule has 36 heavy (non-hydrogen) atoms. The van der Waals surface area contributed by atoms with Crippen LogP contribution in [-0.2, 0) is 22.6 Å². The molecule has 2 aliphatic rings. The summed E-state index contributed by atoms with van der Waals surface area (Å²) in [5.41, 5.74) is 1.17. The zero-order valence-electron chi connectivity index (χ0n) is 19.7. The number of ether oxygens (including phenoxy) is 3. The van der Waals surface area contributed by atoms with Gasteiger partial charge in [0.2, 0.25) is 12.7 Å². The summed E-state index contributed by atoms with van der Waals surface area (Å²) < 4.78 is 35.4. The van der Waals surface area contributed by atoms with Crippen LogP contribution in [0.25, 0.3) is 0 Å². The van der Waals surface area contributed by atoms with E-state index in [4.69, 9.17) is 18.6 Å². The van der Waals surface area contributed by atoms with Crippen molar-refractivity contribution in [1.29, 1.82) is 0 Å². The Morgan fingerprint density at radius 1 is 0.972 bits per heavy atom. The zero-order valence-corrected chi connectivity index (χ0v) is 19.7. The molecule has 3 heterocycles. The molecule has 1 aromatic heterocycles. The van der Waals surface area contributed by atoms with Crippen LogP contribution >= 0.6 is 0 Å². The molecule has 2 amide bonds. The Balaban J connectivity index is 1.36. The molecule has 1 saturated heterocycles. The number of fused-ring (bicyclic) bond motifs is 1. The number of furan rings is 1. The molecule has 2 aromatic carbocycles. The Bertz CT molecular complexity index is 1190. The topological polar surface area (TPSA) is 81.5 Å². The van der Waals surface area contributed by atoms with Gasteiger partial charge in [-0.25, -0.2) is 4.39 Å². The summed E-state index contributed by atoms with van der Waals surface area (Å²) in [4.78, 5) is 30.2. The van der Waals surface area contributed by atoms with E-state index in [0.717, 1.165) is 18.4 Å². The summed E-state index contributed by atoms with van der Waals surface area (Å²) in [6.07, 6.45) is 3.15. The number of rotatable bonds is 9. The predicted molar refractivity (Wildman–Crippen MR) is 127 cm³/mol. The monoisotopic (exact) mass is 494 g/mol. The molecule has 0 bridgehead atoms. The van der Waals surface area contributed by atoms with Gasteiger partial charge in [0, 0.05) is 25.3 Å². The molecule has 0 radical (unpaired) electrons. The molecule has 0 aliphatic carbocycles. The third-order valence-electron chi connectivity index (χ3n) is 6.25. The van der Waals surface area contributed by atoms with E-state index in [2.05, 4.69) is 0 Å². The minimum Gasteiger partial charge on any atom is -0.467 e. The maximum atomic E-state index is 13.6. The molecule has 0 saturated carbocycles. The van der Waals surface area contributed by atoms with Crippen molar-refractivity contribution in [1.82, 2.24) is 9.80 Å². The highest BCUT2D eigenvalue weighted by molar-refractivity contribution is 5.97. The van der Waals surface area contributed by atoms with Crippen molar-refractivity contribution in [3.63, 3.8) is 0 Å². The van der Waals surface area contributed by atoms with Crippen LogP contribution in [0.2, 0.25) is 0 Å². The second-order valence-corrected chi connectivity index (χ2v) is 8.84. The molecule has 1 fully saturated rings. The standard InChI is InChI=1S/C27H27FN2O6/c28-21-8-5-19(6-9-21)14-29(15-22-3-1-11-33-22)26(31)17-30(16-23-4-2-12-34-23)27(32)20-7-10-24-25(13-20)36-18-35-24/h1,3,5-11,13,23H,2,4,12,14-18H2. The fraction of sp³-hybridized carbons (Fsp3) is 0.333. The Labute approximate surface area is 208 Å². The van der Waals surface area contributed by atoms with Crippen molar-refractivity contribution in [2.24, 2.45) is 0 Å². The van der Waals surface area contributed by atoms with Gasteiger partial charge in [0.1, 0.15) is 18.1 Å². The third-order valence-corrected chi connectivity index (χ3v) is 6.25. The second-order valence-electron chi connectivity index (χ2n) is 8.84. The van der Waals surface area contributed by atoms with Crippen LogP contribution in [0.3, 0.4) is 0 Å². The van der Waals surface area contributed by atoms with Crippen molar-refractivity contribution in [3.05, 3.63) is 83.6 Å². The van der Waals surface area contributed by atoms with Gasteiger partial charge in [-0.3, -0.25) is 9.59 Å². The van der Waals surface area contributed by atoms with E-state index in [0.29, 0.717) is 36.0 Å². The van der Waals surface area contributed by atoms with E-state index in [1.807, 2.05) is 0 Å². The first-order valence-electron chi connectivity index (χ1n) is 11.9. The maximum absolute atomic E-state index is 13.6. The van der Waals surface area contributed by atoms with Crippen LogP contribution in [-0.4, -0.2) is 54.2 Å². The molecular formula is C27H27FN2O6. The molecule has 1 unspecified atom stereocenters. The summed E-state index contributed by atoms with van der Waals surface area (Å²) in [5.74, 6) is 0.787. The van der Waals surface area contributed by atoms with Crippen LogP contribution in [0.1, 0.15) is 34.5 Å². The molecule has 2 aliphatic heterocycles. The fourth-order valence-electron chi connectivity index (χ4n) is 4.36. The summed E-state index contributed by atoms with van der Waals surface area (Å²) in [6.45, 7) is 1.36. The molecule has 3 aromatic rings. The lowest BCUT2D eigenvalue weighted by Gasteiger charge is -2.29. The Morgan fingerprint density at radius 2 is 1.81 bits per heavy atom. The van der Waals surface area contributed by atoms with Gasteiger partial charge in [-0.2, -0.15) is 0 Å². The first kappa shape index (κ1) is 23.9. The Kier molecular flexibility index (Phi) is 7.18. The first-order chi connectivity index (χ1) is 17.5. The lowest BCUT2D eigenvalue weighted by molar-refractivity contribution is -0.133. The highest BCUT2D eigenvalue weighted by Crippen LogP contribution is 2.33. The van der Waals surface area contributed by atoms with Crippen molar-refractivity contribution in [2.75, 3.05) is 26.5 Å². The number of nitrogens with zero attached hydrogens (tertiary/aromatic N) is 2. The summed E-state index contributed by atoms with van der Waals surface area (Å²) in [6, 6.07) is 14.5. The van der Waals surface area contributed by atoms with Gasteiger partial charge in [-0.05, 0) is 60.9 Å². The van der Waals surface area contributed by atoms with E-state index in [1.54, 1.807) is 53.6 Å². The van der Waals surface area contributed by atoms with E-state index in [9.17, 15) is 14.0 Å². The van der Waals surface area contributed by atoms with E-state index < -0.39 is 0 Å². The van der Waals surface area contributed by atoms with Crippen molar-refractivity contribution >= 4 is 11.8 Å². The van der Waals surface area contributed by atoms with Gasteiger partial charge in [0.25, 0.3) is 5.91 Å². The average molecular weight is 495 g/mol. The van der Waals surface area contributed by atoms with E-state index in [-0.39, 0.29) is 50.2 Å². The van der Waals surface area contributed by atoms with Crippen molar-refractivity contribution in [3.8, 4) is 11.5 Å². The fourth-order valence-corrected chi connectivity index (χ4v) is 4.36. The van der Waals surface area contributed by atoms with Crippen LogP contribution in [0.4, 0.5) is 4.39 Å². The number of hydrogen-bond acceptors (Lipinski definition) is 6. The molecule has 5 rings (SSSR count). The molecule has 9 heteroatoms. The zero-order chi connectivity index (χ0) is 24.9. The van der Waals surface area contributed by atoms with E-state index >= 15 is 0 Å². The van der Waals surface area contributed by atoms with E-state index in [1.165, 1.54) is 17.0 Å². The normalized spacial score (nSPS) is 16.2. The van der Waals surface area contributed by atoms with Gasteiger partial charge in [-0.15, -0.1) is 0 Å². The number of benzene rings is 2. The minimum atomic E-state index is -0.347. The average Bonchev–Trinajstić information content (AvgIpc) is 3.67. The van der Waals surface area contributed by atoms with Crippen LogP contribution in [0.15, 0.2) is 65.3 Å². The lowest BCUT2D eigenvalue weighted by Crippen LogP contribution is -2.45. The highest BCUT2D eigenvalue weighted by atomic mass is 19.1. The van der Waals surface area contributed by atoms with Gasteiger partial charge >= 0.3 is 0 Å². The molecular weight excluding hydrogens is 467 g/mol. The van der Waals surface area contributed by atoms with Crippen LogP contribution in [0.5, 0.6) is 11.5 Å². The van der Waals surface area contributed by atoms with Gasteiger partial charge in [0.15, 0.2) is 11.5 Å². The number of carbonyl (C=O) groups is 2. The van der Waals surface area contributed by atoms with Gasteiger partial charge < -0.3 is 28.4 Å². The smallest absolute Gasteiger partial charge is 0.254 e. The largest absolute Gasteiger partial charge is 0.467 e. The van der Waals surface area contributed by atoms with Gasteiger partial charge in [-0.1, -0.05) is 12.1 Å². The molecule has 0 N–H and O–H groups in total. The van der Waals surface area contributed by atoms with Gasteiger partial charge in [0.05, 0.1) is 18.9 Å². The van der Waals surface area contributed by atoms with Crippen LogP contribution in [0, 0.1) is 5.82 Å². The summed E-state index contributed by atoms with van der Waals surface area (Å²) in [5, 5.41) is 0. The minimum absolute atomic E-state index is 0.107. The van der Waals surface area contributed by atoms with Crippen molar-refractivity contribution in [2.45, 2.75) is 32.0 Å². The Morgan fingerprint density at radius 3 is 2.56 bits per heavy atom. The molecule has 1 atom stereocenters. The maximum Gasteiger partial charge on any atom is 0.254 e. The number of hydrogen-bond donors (Lipinski definition) is 0. The first-order valence-corrected chi connectivity index (χ1v) is 11.9. The molecule has 8 nitrogen and oxygen atoms in total. The SMILES string of the molecule is O=C(CN(CC1CCCO1)C(=O)c1ccc2c(c1)OCO2)N(Cc1ccc(F)cc1)Cc1ccco1. The second kappa shape index (κ2) is 10.8. The number of halogens is 1. The number of amides is 2. The molecule has 188 valence electrons. The third kappa shape index (κ3) is 5.68. The summed E-state index contributed by atoms with van der Waals surface area (Å²) in [7, 11) is 0. The summed E-state index contributed by atoms with van der Waals surface area (Å²) >= 11 is 0.